The number of esters is 1. The van der Waals surface area contributed by atoms with Crippen molar-refractivity contribution in [1.29, 1.82) is 5.26 Å². The Morgan fingerprint density at radius 3 is 2.19 bits per heavy atom. The maximum atomic E-state index is 12.5. The topological polar surface area (TPSA) is 88.9 Å². The van der Waals surface area contributed by atoms with Crippen molar-refractivity contribution in [2.45, 2.75) is 44.6 Å². The first-order valence-corrected chi connectivity index (χ1v) is 8.96. The third-order valence-corrected chi connectivity index (χ3v) is 5.22. The van der Waals surface area contributed by atoms with Crippen molar-refractivity contribution in [2.75, 3.05) is 27.9 Å². The molecule has 7 nitrogen and oxygen atoms in total. The predicted octanol–water partition coefficient (Wildman–Crippen LogP) is 2.85. The first-order valence-electron chi connectivity index (χ1n) is 8.96. The number of ether oxygens (including phenoxy) is 3. The fourth-order valence-corrected chi connectivity index (χ4v) is 3.41. The van der Waals surface area contributed by atoms with Crippen LogP contribution in [0.15, 0.2) is 12.1 Å². The molecular formula is C20H26N2O5. The van der Waals surface area contributed by atoms with Crippen LogP contribution in [-0.2, 0) is 9.53 Å². The Bertz CT molecular complexity index is 722. The lowest BCUT2D eigenvalue weighted by molar-refractivity contribution is -0.138. The van der Waals surface area contributed by atoms with E-state index in [2.05, 4.69) is 6.07 Å². The van der Waals surface area contributed by atoms with Crippen molar-refractivity contribution in [3.63, 3.8) is 0 Å². The zero-order valence-corrected chi connectivity index (χ0v) is 16.3. The van der Waals surface area contributed by atoms with Crippen LogP contribution in [0.3, 0.4) is 0 Å². The quantitative estimate of drug-likeness (QED) is 0.712. The Hall–Kier alpha value is -2.75. The van der Waals surface area contributed by atoms with Gasteiger partial charge in [0.1, 0.15) is 17.0 Å². The van der Waals surface area contributed by atoms with Crippen LogP contribution in [0.2, 0.25) is 0 Å². The minimum Gasteiger partial charge on any atom is -0.496 e. The van der Waals surface area contributed by atoms with Gasteiger partial charge in [-0.1, -0.05) is 19.3 Å². The Labute approximate surface area is 159 Å². The molecular weight excluding hydrogens is 348 g/mol. The molecule has 0 N–H and O–H groups in total. The Morgan fingerprint density at radius 2 is 1.70 bits per heavy atom. The molecule has 1 amide bonds. The van der Waals surface area contributed by atoms with Crippen LogP contribution < -0.4 is 9.47 Å². The summed E-state index contributed by atoms with van der Waals surface area (Å²) in [5, 5.41) is 9.58. The lowest BCUT2D eigenvalue weighted by Gasteiger charge is -2.38. The Balaban J connectivity index is 2.06. The highest BCUT2D eigenvalue weighted by Gasteiger charge is 2.39. The summed E-state index contributed by atoms with van der Waals surface area (Å²) >= 11 is 0. The van der Waals surface area contributed by atoms with Gasteiger partial charge in [-0.15, -0.1) is 0 Å². The lowest BCUT2D eigenvalue weighted by Crippen LogP contribution is -2.51. The van der Waals surface area contributed by atoms with E-state index in [-0.39, 0.29) is 5.56 Å². The number of methoxy groups -OCH3 is 2. The number of carbonyl (C=O) groups excluding carboxylic acids is 2. The van der Waals surface area contributed by atoms with E-state index in [4.69, 9.17) is 14.2 Å². The normalized spacial score (nSPS) is 15.4. The molecule has 0 unspecified atom stereocenters. The van der Waals surface area contributed by atoms with Crippen molar-refractivity contribution < 1.29 is 23.8 Å². The molecule has 0 heterocycles. The lowest BCUT2D eigenvalue weighted by atomic mass is 9.81. The summed E-state index contributed by atoms with van der Waals surface area (Å²) in [5.74, 6) is -0.0494. The van der Waals surface area contributed by atoms with Crippen molar-refractivity contribution >= 4 is 11.9 Å². The van der Waals surface area contributed by atoms with Crippen LogP contribution >= 0.6 is 0 Å². The number of carbonyl (C=O) groups is 2. The van der Waals surface area contributed by atoms with Gasteiger partial charge in [-0.2, -0.15) is 5.26 Å². The number of rotatable bonds is 6. The summed E-state index contributed by atoms with van der Waals surface area (Å²) < 4.78 is 15.7. The summed E-state index contributed by atoms with van der Waals surface area (Å²) in [4.78, 5) is 26.3. The van der Waals surface area contributed by atoms with E-state index >= 15 is 0 Å². The van der Waals surface area contributed by atoms with E-state index in [9.17, 15) is 14.9 Å². The minimum absolute atomic E-state index is 0.234. The third-order valence-electron chi connectivity index (χ3n) is 5.22. The van der Waals surface area contributed by atoms with Crippen LogP contribution in [0.1, 0.15) is 48.0 Å². The summed E-state index contributed by atoms with van der Waals surface area (Å²) in [7, 11) is 4.60. The average molecular weight is 374 g/mol. The number of amides is 1. The van der Waals surface area contributed by atoms with Gasteiger partial charge in [0, 0.05) is 12.6 Å². The van der Waals surface area contributed by atoms with Crippen molar-refractivity contribution in [3.05, 3.63) is 23.3 Å². The number of hydrogen-bond donors (Lipinski definition) is 0. The molecule has 1 saturated carbocycles. The number of benzene rings is 1. The number of nitriles is 1. The summed E-state index contributed by atoms with van der Waals surface area (Å²) in [6.07, 6.45) is 4.18. The van der Waals surface area contributed by atoms with Gasteiger partial charge in [0.25, 0.3) is 5.91 Å². The van der Waals surface area contributed by atoms with Gasteiger partial charge < -0.3 is 19.1 Å². The molecule has 1 aromatic rings. The average Bonchev–Trinajstić information content (AvgIpc) is 2.71. The van der Waals surface area contributed by atoms with Crippen molar-refractivity contribution in [2.24, 2.45) is 0 Å². The molecule has 0 spiro atoms. The maximum Gasteiger partial charge on any atom is 0.338 e. The molecule has 27 heavy (non-hydrogen) atoms. The molecule has 0 atom stereocenters. The second kappa shape index (κ2) is 8.76. The fourth-order valence-electron chi connectivity index (χ4n) is 3.41. The SMILES string of the molecule is COc1cc(C(=O)OCC(=O)N(C)C2(C#N)CCCCC2)cc(OC)c1C. The van der Waals surface area contributed by atoms with Crippen molar-refractivity contribution in [3.8, 4) is 17.6 Å². The highest BCUT2D eigenvalue weighted by Crippen LogP contribution is 2.33. The van der Waals surface area contributed by atoms with E-state index in [0.717, 1.165) is 24.8 Å². The molecule has 0 saturated heterocycles. The first kappa shape index (κ1) is 20.6. The van der Waals surface area contributed by atoms with Crippen LogP contribution in [0.4, 0.5) is 0 Å². The molecule has 0 bridgehead atoms. The third kappa shape index (κ3) is 4.33. The molecule has 0 aliphatic heterocycles. The van der Waals surface area contributed by atoms with Crippen LogP contribution in [0.5, 0.6) is 11.5 Å². The molecule has 1 fully saturated rings. The van der Waals surface area contributed by atoms with Gasteiger partial charge in [-0.3, -0.25) is 4.79 Å². The Kier molecular flexibility index (Phi) is 6.67. The largest absolute Gasteiger partial charge is 0.496 e. The second-order valence-corrected chi connectivity index (χ2v) is 6.74. The van der Waals surface area contributed by atoms with Gasteiger partial charge in [0.15, 0.2) is 6.61 Å². The second-order valence-electron chi connectivity index (χ2n) is 6.74. The maximum absolute atomic E-state index is 12.5. The highest BCUT2D eigenvalue weighted by atomic mass is 16.5. The molecule has 0 radical (unpaired) electrons. The molecule has 0 aromatic heterocycles. The predicted molar refractivity (Wildman–Crippen MR) is 98.8 cm³/mol. The molecule has 2 rings (SSSR count). The number of nitrogens with zero attached hydrogens (tertiary/aromatic N) is 2. The molecule has 7 heteroatoms. The van der Waals surface area contributed by atoms with Gasteiger partial charge in [0.05, 0.1) is 25.9 Å². The van der Waals surface area contributed by atoms with Gasteiger partial charge in [-0.25, -0.2) is 4.79 Å². The minimum atomic E-state index is -0.807. The standard InChI is InChI=1S/C20H26N2O5/c1-14-16(25-3)10-15(11-17(14)26-4)19(24)27-12-18(23)22(2)20(13-21)8-6-5-7-9-20/h10-11H,5-9,12H2,1-4H3. The van der Waals surface area contributed by atoms with E-state index in [0.29, 0.717) is 24.3 Å². The summed E-state index contributed by atoms with van der Waals surface area (Å²) in [5.41, 5.74) is 0.191. The van der Waals surface area contributed by atoms with E-state index in [1.807, 2.05) is 6.92 Å². The summed E-state index contributed by atoms with van der Waals surface area (Å²) in [6.45, 7) is 1.40. The van der Waals surface area contributed by atoms with E-state index in [1.54, 1.807) is 19.2 Å². The van der Waals surface area contributed by atoms with Crippen molar-refractivity contribution in [1.82, 2.24) is 4.90 Å². The smallest absolute Gasteiger partial charge is 0.338 e. The van der Waals surface area contributed by atoms with E-state index < -0.39 is 24.0 Å². The van der Waals surface area contributed by atoms with Gasteiger partial charge >= 0.3 is 5.97 Å². The zero-order chi connectivity index (χ0) is 20.0. The molecule has 1 aliphatic carbocycles. The van der Waals surface area contributed by atoms with Gasteiger partial charge in [-0.05, 0) is 31.9 Å². The molecule has 146 valence electrons. The first-order chi connectivity index (χ1) is 12.9. The Morgan fingerprint density at radius 1 is 1.15 bits per heavy atom. The number of likely N-dealkylation sites (N-methyl/N-ethyl adjacent to an activating group) is 1. The van der Waals surface area contributed by atoms with Crippen LogP contribution in [0.25, 0.3) is 0 Å². The fraction of sp³-hybridized carbons (Fsp3) is 0.550. The van der Waals surface area contributed by atoms with Gasteiger partial charge in [0.2, 0.25) is 0 Å². The van der Waals surface area contributed by atoms with Crippen LogP contribution in [0, 0.1) is 18.3 Å². The zero-order valence-electron chi connectivity index (χ0n) is 16.3. The number of hydrogen-bond acceptors (Lipinski definition) is 6. The monoisotopic (exact) mass is 374 g/mol. The summed E-state index contributed by atoms with van der Waals surface area (Å²) in [6, 6.07) is 5.38. The highest BCUT2D eigenvalue weighted by molar-refractivity contribution is 5.92. The van der Waals surface area contributed by atoms with E-state index in [1.165, 1.54) is 19.1 Å². The molecule has 1 aromatic carbocycles. The van der Waals surface area contributed by atoms with Crippen LogP contribution in [-0.4, -0.2) is 50.2 Å². The molecule has 1 aliphatic rings.